The minimum absolute atomic E-state index is 0.00959. The number of hydrogen-bond donors (Lipinski definition) is 2. The van der Waals surface area contributed by atoms with Crippen LogP contribution in [0.25, 0.3) is 0 Å². The van der Waals surface area contributed by atoms with Crippen molar-refractivity contribution in [3.05, 3.63) is 24.0 Å². The van der Waals surface area contributed by atoms with Crippen LogP contribution < -0.4 is 9.46 Å². The highest BCUT2D eigenvalue weighted by molar-refractivity contribution is 7.89. The predicted octanol–water partition coefficient (Wildman–Crippen LogP) is 1.61. The summed E-state index contributed by atoms with van der Waals surface area (Å²) in [5.41, 5.74) is 0. The molecule has 1 aromatic rings. The van der Waals surface area contributed by atoms with E-state index in [1.165, 1.54) is 19.2 Å². The number of rotatable bonds is 5. The number of ether oxygens (including phenoxy) is 1. The van der Waals surface area contributed by atoms with Crippen molar-refractivity contribution in [2.24, 2.45) is 17.8 Å². The van der Waals surface area contributed by atoms with Crippen molar-refractivity contribution in [1.29, 1.82) is 0 Å². The Hall–Kier alpha value is -1.67. The van der Waals surface area contributed by atoms with Crippen molar-refractivity contribution in [3.63, 3.8) is 0 Å². The molecule has 0 unspecified atom stereocenters. The van der Waals surface area contributed by atoms with Crippen LogP contribution in [0.3, 0.4) is 0 Å². The molecule has 23 heavy (non-hydrogen) atoms. The first-order chi connectivity index (χ1) is 10.9. The molecule has 0 aromatic heterocycles. The third-order valence-corrected chi connectivity index (χ3v) is 6.42. The summed E-state index contributed by atoms with van der Waals surface area (Å²) in [6.45, 7) is 0. The number of benzene rings is 1. The number of sulfonamides is 1. The summed E-state index contributed by atoms with van der Waals surface area (Å²) in [6.07, 6.45) is 2.49. The third-order valence-electron chi connectivity index (χ3n) is 4.95. The lowest BCUT2D eigenvalue weighted by atomic mass is 9.63. The highest BCUT2D eigenvalue weighted by Crippen LogP contribution is 2.51. The molecule has 4 atom stereocenters. The Morgan fingerprint density at radius 3 is 2.70 bits per heavy atom. The van der Waals surface area contributed by atoms with Crippen LogP contribution in [0.4, 0.5) is 4.39 Å². The molecule has 0 saturated heterocycles. The second-order valence-electron chi connectivity index (χ2n) is 6.04. The molecule has 8 heteroatoms. The van der Waals surface area contributed by atoms with E-state index in [1.54, 1.807) is 0 Å². The summed E-state index contributed by atoms with van der Waals surface area (Å²) in [5.74, 6) is -2.88. The van der Waals surface area contributed by atoms with Gasteiger partial charge in [0.2, 0.25) is 10.0 Å². The van der Waals surface area contributed by atoms with Gasteiger partial charge in [-0.2, -0.15) is 0 Å². The molecule has 2 N–H and O–H groups in total. The second kappa shape index (κ2) is 5.76. The average Bonchev–Trinajstić information content (AvgIpc) is 2.88. The van der Waals surface area contributed by atoms with Gasteiger partial charge >= 0.3 is 5.97 Å². The van der Waals surface area contributed by atoms with Gasteiger partial charge < -0.3 is 9.84 Å². The van der Waals surface area contributed by atoms with E-state index in [2.05, 4.69) is 4.72 Å². The zero-order chi connectivity index (χ0) is 16.8. The minimum Gasteiger partial charge on any atom is -0.494 e. The highest BCUT2D eigenvalue weighted by Gasteiger charge is 2.57. The lowest BCUT2D eigenvalue weighted by molar-refractivity contribution is -0.152. The molecule has 0 heterocycles. The topological polar surface area (TPSA) is 92.7 Å². The van der Waals surface area contributed by atoms with Gasteiger partial charge in [0.05, 0.1) is 13.0 Å². The van der Waals surface area contributed by atoms with E-state index < -0.39 is 38.7 Å². The number of carboxylic acids is 1. The molecule has 2 aliphatic carbocycles. The molecule has 3 rings (SSSR count). The molecule has 6 nitrogen and oxygen atoms in total. The van der Waals surface area contributed by atoms with Crippen LogP contribution in [0, 0.1) is 23.6 Å². The average molecular weight is 343 g/mol. The smallest absolute Gasteiger partial charge is 0.308 e. The maximum Gasteiger partial charge on any atom is 0.308 e. The number of carbonyl (C=O) groups is 1. The Bertz CT molecular complexity index is 735. The number of fused-ring (bicyclic) bond motifs is 1. The first-order valence-electron chi connectivity index (χ1n) is 7.44. The molecule has 0 radical (unpaired) electrons. The van der Waals surface area contributed by atoms with Gasteiger partial charge in [-0.3, -0.25) is 4.79 Å². The van der Waals surface area contributed by atoms with E-state index in [-0.39, 0.29) is 17.6 Å². The van der Waals surface area contributed by atoms with Crippen molar-refractivity contribution >= 4 is 16.0 Å². The summed E-state index contributed by atoms with van der Waals surface area (Å²) in [4.78, 5) is 10.9. The van der Waals surface area contributed by atoms with Crippen molar-refractivity contribution in [2.45, 2.75) is 30.2 Å². The monoisotopic (exact) mass is 343 g/mol. The lowest BCUT2D eigenvalue weighted by Crippen LogP contribution is -2.60. The Labute approximate surface area is 133 Å². The van der Waals surface area contributed by atoms with E-state index in [9.17, 15) is 22.7 Å². The van der Waals surface area contributed by atoms with Gasteiger partial charge in [0.25, 0.3) is 0 Å². The number of aliphatic carboxylic acids is 1. The Balaban J connectivity index is 1.88. The zero-order valence-electron chi connectivity index (χ0n) is 12.5. The number of halogens is 1. The molecular formula is C15H18FNO5S. The molecule has 2 fully saturated rings. The SMILES string of the molecule is COc1cccc(S(=O)(=O)N[C@H]2[C@@H]3CCC[C@@H]3[C@@H]2C(=O)O)c1F. The summed E-state index contributed by atoms with van der Waals surface area (Å²) < 4.78 is 46.4. The Morgan fingerprint density at radius 1 is 1.35 bits per heavy atom. The van der Waals surface area contributed by atoms with E-state index in [1.807, 2.05) is 0 Å². The Morgan fingerprint density at radius 2 is 2.04 bits per heavy atom. The van der Waals surface area contributed by atoms with Gasteiger partial charge in [-0.1, -0.05) is 12.5 Å². The van der Waals surface area contributed by atoms with Crippen LogP contribution in [0.15, 0.2) is 23.1 Å². The van der Waals surface area contributed by atoms with Gasteiger partial charge in [-0.25, -0.2) is 17.5 Å². The second-order valence-corrected chi connectivity index (χ2v) is 7.72. The van der Waals surface area contributed by atoms with Gasteiger partial charge in [0.1, 0.15) is 4.90 Å². The van der Waals surface area contributed by atoms with Crippen LogP contribution in [0.1, 0.15) is 19.3 Å². The largest absolute Gasteiger partial charge is 0.494 e. The maximum absolute atomic E-state index is 14.2. The van der Waals surface area contributed by atoms with E-state index in [0.717, 1.165) is 25.3 Å². The molecule has 0 spiro atoms. The van der Waals surface area contributed by atoms with Crippen LogP contribution >= 0.6 is 0 Å². The molecular weight excluding hydrogens is 325 g/mol. The predicted molar refractivity (Wildman–Crippen MR) is 79.0 cm³/mol. The van der Waals surface area contributed by atoms with Gasteiger partial charge in [0, 0.05) is 6.04 Å². The molecule has 2 saturated carbocycles. The molecule has 126 valence electrons. The standard InChI is InChI=1S/C15H18FNO5S/c1-22-10-6-3-7-11(13(10)16)23(20,21)17-14-9-5-2-4-8(9)12(14)15(18)19/h3,6-9,12,14,17H,2,4-5H2,1H3,(H,18,19)/t8-,9+,12-,14-/m0/s1. The third kappa shape index (κ3) is 2.59. The quantitative estimate of drug-likeness (QED) is 0.847. The Kier molecular flexibility index (Phi) is 4.05. The summed E-state index contributed by atoms with van der Waals surface area (Å²) in [7, 11) is -2.91. The number of carboxylic acid groups (broad SMARTS) is 1. The lowest BCUT2D eigenvalue weighted by Gasteiger charge is -2.46. The normalized spacial score (nSPS) is 29.7. The van der Waals surface area contributed by atoms with Crippen LogP contribution in [0.2, 0.25) is 0 Å². The molecule has 0 aliphatic heterocycles. The van der Waals surface area contributed by atoms with Crippen LogP contribution in [-0.2, 0) is 14.8 Å². The van der Waals surface area contributed by atoms with E-state index in [4.69, 9.17) is 4.74 Å². The minimum atomic E-state index is -4.16. The number of methoxy groups -OCH3 is 1. The molecule has 1 aromatic carbocycles. The zero-order valence-corrected chi connectivity index (χ0v) is 13.3. The summed E-state index contributed by atoms with van der Waals surface area (Å²) >= 11 is 0. The highest BCUT2D eigenvalue weighted by atomic mass is 32.2. The summed E-state index contributed by atoms with van der Waals surface area (Å²) in [6, 6.07) is 3.16. The van der Waals surface area contributed by atoms with Crippen LogP contribution in [0.5, 0.6) is 5.75 Å². The summed E-state index contributed by atoms with van der Waals surface area (Å²) in [5, 5.41) is 9.33. The molecule has 0 bridgehead atoms. The maximum atomic E-state index is 14.2. The number of hydrogen-bond acceptors (Lipinski definition) is 4. The first-order valence-corrected chi connectivity index (χ1v) is 8.93. The van der Waals surface area contributed by atoms with Crippen LogP contribution in [-0.4, -0.2) is 32.6 Å². The fraction of sp³-hybridized carbons (Fsp3) is 0.533. The molecule has 2 aliphatic rings. The number of nitrogens with one attached hydrogen (secondary N) is 1. The van der Waals surface area contributed by atoms with Gasteiger partial charge in [-0.15, -0.1) is 0 Å². The first kappa shape index (κ1) is 16.2. The van der Waals surface area contributed by atoms with Gasteiger partial charge in [-0.05, 0) is 36.8 Å². The fourth-order valence-electron chi connectivity index (χ4n) is 3.89. The van der Waals surface area contributed by atoms with Crippen molar-refractivity contribution in [1.82, 2.24) is 4.72 Å². The van der Waals surface area contributed by atoms with Gasteiger partial charge in [0.15, 0.2) is 11.6 Å². The van der Waals surface area contributed by atoms with E-state index >= 15 is 0 Å². The fourth-order valence-corrected chi connectivity index (χ4v) is 5.29. The molecule has 0 amide bonds. The van der Waals surface area contributed by atoms with Crippen molar-refractivity contribution < 1.29 is 27.4 Å². The van der Waals surface area contributed by atoms with E-state index in [0.29, 0.717) is 0 Å². The van der Waals surface area contributed by atoms with Crippen molar-refractivity contribution in [3.8, 4) is 5.75 Å². The van der Waals surface area contributed by atoms with Crippen molar-refractivity contribution in [2.75, 3.05) is 7.11 Å².